The van der Waals surface area contributed by atoms with Crippen molar-refractivity contribution < 1.29 is 9.53 Å². The SMILES string of the molecule is COc1ccc(NC(=O)c2csc(C)n2)cc1Cl. The number of benzene rings is 1. The third-order valence-corrected chi connectivity index (χ3v) is 3.33. The van der Waals surface area contributed by atoms with Gasteiger partial charge in [-0.3, -0.25) is 4.79 Å². The topological polar surface area (TPSA) is 51.2 Å². The second-order valence-corrected chi connectivity index (χ2v) is 5.02. The van der Waals surface area contributed by atoms with Gasteiger partial charge in [-0.15, -0.1) is 11.3 Å². The Morgan fingerprint density at radius 2 is 2.28 bits per heavy atom. The highest BCUT2D eigenvalue weighted by Crippen LogP contribution is 2.27. The van der Waals surface area contributed by atoms with E-state index < -0.39 is 0 Å². The first kappa shape index (κ1) is 12.9. The minimum absolute atomic E-state index is 0.249. The van der Waals surface area contributed by atoms with Crippen LogP contribution in [-0.2, 0) is 0 Å². The lowest BCUT2D eigenvalue weighted by Crippen LogP contribution is -2.12. The lowest BCUT2D eigenvalue weighted by molar-refractivity contribution is 0.102. The number of hydrogen-bond donors (Lipinski definition) is 1. The maximum atomic E-state index is 11.9. The molecule has 94 valence electrons. The van der Waals surface area contributed by atoms with Gasteiger partial charge in [0.05, 0.1) is 17.1 Å². The molecule has 6 heteroatoms. The quantitative estimate of drug-likeness (QED) is 0.939. The van der Waals surface area contributed by atoms with Crippen molar-refractivity contribution in [2.75, 3.05) is 12.4 Å². The summed E-state index contributed by atoms with van der Waals surface area (Å²) in [5.41, 5.74) is 1.01. The zero-order valence-electron chi connectivity index (χ0n) is 9.86. The lowest BCUT2D eigenvalue weighted by Gasteiger charge is -2.06. The maximum Gasteiger partial charge on any atom is 0.275 e. The summed E-state index contributed by atoms with van der Waals surface area (Å²) in [7, 11) is 1.54. The van der Waals surface area contributed by atoms with Crippen LogP contribution < -0.4 is 10.1 Å². The van der Waals surface area contributed by atoms with Crippen LogP contribution in [0.1, 0.15) is 15.5 Å². The first-order chi connectivity index (χ1) is 8.60. The second kappa shape index (κ2) is 5.37. The van der Waals surface area contributed by atoms with E-state index in [2.05, 4.69) is 10.3 Å². The van der Waals surface area contributed by atoms with Crippen LogP contribution in [0.15, 0.2) is 23.6 Å². The fourth-order valence-electron chi connectivity index (χ4n) is 1.41. The van der Waals surface area contributed by atoms with Crippen molar-refractivity contribution in [2.45, 2.75) is 6.92 Å². The summed E-state index contributed by atoms with van der Waals surface area (Å²) >= 11 is 7.41. The molecule has 0 aliphatic heterocycles. The number of rotatable bonds is 3. The van der Waals surface area contributed by atoms with E-state index in [0.29, 0.717) is 22.2 Å². The van der Waals surface area contributed by atoms with E-state index in [1.807, 2.05) is 6.92 Å². The van der Waals surface area contributed by atoms with Gasteiger partial charge >= 0.3 is 0 Å². The summed E-state index contributed by atoms with van der Waals surface area (Å²) in [5, 5.41) is 5.75. The van der Waals surface area contributed by atoms with Crippen LogP contribution in [0.5, 0.6) is 5.75 Å². The van der Waals surface area contributed by atoms with Gasteiger partial charge in [-0.2, -0.15) is 0 Å². The van der Waals surface area contributed by atoms with Crippen molar-refractivity contribution in [1.29, 1.82) is 0 Å². The highest BCUT2D eigenvalue weighted by atomic mass is 35.5. The van der Waals surface area contributed by atoms with E-state index >= 15 is 0 Å². The summed E-state index contributed by atoms with van der Waals surface area (Å²) in [6.45, 7) is 1.85. The predicted octanol–water partition coefficient (Wildman–Crippen LogP) is 3.37. The van der Waals surface area contributed by atoms with Crippen LogP contribution in [0.25, 0.3) is 0 Å². The van der Waals surface area contributed by atoms with E-state index in [9.17, 15) is 4.79 Å². The zero-order valence-corrected chi connectivity index (χ0v) is 11.4. The third-order valence-electron chi connectivity index (χ3n) is 2.26. The van der Waals surface area contributed by atoms with Crippen molar-refractivity contribution >= 4 is 34.5 Å². The smallest absolute Gasteiger partial charge is 0.275 e. The van der Waals surface area contributed by atoms with Crippen LogP contribution in [0.2, 0.25) is 5.02 Å². The highest BCUT2D eigenvalue weighted by Gasteiger charge is 2.10. The van der Waals surface area contributed by atoms with Gasteiger partial charge in [-0.05, 0) is 25.1 Å². The van der Waals surface area contributed by atoms with Crippen LogP contribution in [-0.4, -0.2) is 18.0 Å². The summed E-state index contributed by atoms with van der Waals surface area (Å²) < 4.78 is 5.04. The summed E-state index contributed by atoms with van der Waals surface area (Å²) in [4.78, 5) is 16.0. The number of carbonyl (C=O) groups excluding carboxylic acids is 1. The maximum absolute atomic E-state index is 11.9. The monoisotopic (exact) mass is 282 g/mol. The van der Waals surface area contributed by atoms with Gasteiger partial charge in [0.2, 0.25) is 0 Å². The second-order valence-electron chi connectivity index (χ2n) is 3.56. The molecule has 18 heavy (non-hydrogen) atoms. The fraction of sp³-hybridized carbons (Fsp3) is 0.167. The molecular weight excluding hydrogens is 272 g/mol. The lowest BCUT2D eigenvalue weighted by atomic mass is 10.3. The van der Waals surface area contributed by atoms with Crippen molar-refractivity contribution in [1.82, 2.24) is 4.98 Å². The summed E-state index contributed by atoms with van der Waals surface area (Å²) in [6, 6.07) is 5.06. The normalized spacial score (nSPS) is 10.2. The average molecular weight is 283 g/mol. The molecule has 1 N–H and O–H groups in total. The molecule has 0 unspecified atom stereocenters. The number of nitrogens with zero attached hydrogens (tertiary/aromatic N) is 1. The molecule has 1 amide bonds. The first-order valence-corrected chi connectivity index (χ1v) is 6.43. The van der Waals surface area contributed by atoms with Gasteiger partial charge in [0, 0.05) is 11.1 Å². The fourth-order valence-corrected chi connectivity index (χ4v) is 2.26. The molecular formula is C12H11ClN2O2S. The number of ether oxygens (including phenoxy) is 1. The minimum atomic E-state index is -0.249. The number of anilines is 1. The van der Waals surface area contributed by atoms with Crippen LogP contribution in [0.3, 0.4) is 0 Å². The number of thiazole rings is 1. The molecule has 4 nitrogen and oxygen atoms in total. The number of aromatic nitrogens is 1. The molecule has 0 bridgehead atoms. The molecule has 0 fully saturated rings. The molecule has 0 atom stereocenters. The van der Waals surface area contributed by atoms with Gasteiger partial charge in [0.1, 0.15) is 11.4 Å². The minimum Gasteiger partial charge on any atom is -0.495 e. The van der Waals surface area contributed by atoms with E-state index in [-0.39, 0.29) is 5.91 Å². The van der Waals surface area contributed by atoms with Gasteiger partial charge in [0.15, 0.2) is 0 Å². The van der Waals surface area contributed by atoms with E-state index in [0.717, 1.165) is 5.01 Å². The largest absolute Gasteiger partial charge is 0.495 e. The van der Waals surface area contributed by atoms with Crippen LogP contribution >= 0.6 is 22.9 Å². The summed E-state index contributed by atoms with van der Waals surface area (Å²) in [5.74, 6) is 0.319. The Morgan fingerprint density at radius 1 is 1.50 bits per heavy atom. The van der Waals surface area contributed by atoms with Crippen molar-refractivity contribution in [3.8, 4) is 5.75 Å². The van der Waals surface area contributed by atoms with Crippen LogP contribution in [0, 0.1) is 6.92 Å². The molecule has 0 spiro atoms. The molecule has 2 aromatic rings. The number of nitrogens with one attached hydrogen (secondary N) is 1. The molecule has 0 aliphatic carbocycles. The predicted molar refractivity (Wildman–Crippen MR) is 72.8 cm³/mol. The number of aryl methyl sites for hydroxylation is 1. The Balaban J connectivity index is 2.14. The molecule has 0 saturated heterocycles. The Hall–Kier alpha value is -1.59. The standard InChI is InChI=1S/C12H11ClN2O2S/c1-7-14-10(6-18-7)12(16)15-8-3-4-11(17-2)9(13)5-8/h3-6H,1-2H3,(H,15,16). The molecule has 1 aromatic carbocycles. The summed E-state index contributed by atoms with van der Waals surface area (Å²) in [6.07, 6.45) is 0. The molecule has 1 heterocycles. The van der Waals surface area contributed by atoms with Crippen molar-refractivity contribution in [3.63, 3.8) is 0 Å². The van der Waals surface area contributed by atoms with Gasteiger partial charge in [-0.1, -0.05) is 11.6 Å². The number of amides is 1. The number of carbonyl (C=O) groups is 1. The molecule has 1 aromatic heterocycles. The number of halogens is 1. The first-order valence-electron chi connectivity index (χ1n) is 5.17. The molecule has 0 radical (unpaired) electrons. The van der Waals surface area contributed by atoms with Gasteiger partial charge < -0.3 is 10.1 Å². The zero-order chi connectivity index (χ0) is 13.1. The molecule has 0 aliphatic rings. The Bertz CT molecular complexity index is 583. The number of hydrogen-bond acceptors (Lipinski definition) is 4. The van der Waals surface area contributed by atoms with Crippen molar-refractivity contribution in [3.05, 3.63) is 39.3 Å². The van der Waals surface area contributed by atoms with E-state index in [1.165, 1.54) is 18.4 Å². The Kier molecular flexibility index (Phi) is 3.84. The number of methoxy groups -OCH3 is 1. The van der Waals surface area contributed by atoms with E-state index in [4.69, 9.17) is 16.3 Å². The van der Waals surface area contributed by atoms with Crippen molar-refractivity contribution in [2.24, 2.45) is 0 Å². The Morgan fingerprint density at radius 3 is 2.83 bits per heavy atom. The van der Waals surface area contributed by atoms with Gasteiger partial charge in [-0.25, -0.2) is 4.98 Å². The van der Waals surface area contributed by atoms with Gasteiger partial charge in [0.25, 0.3) is 5.91 Å². The average Bonchev–Trinajstić information content (AvgIpc) is 2.76. The molecule has 2 rings (SSSR count). The van der Waals surface area contributed by atoms with Crippen LogP contribution in [0.4, 0.5) is 5.69 Å². The highest BCUT2D eigenvalue weighted by molar-refractivity contribution is 7.09. The Labute approximate surface area is 114 Å². The molecule has 0 saturated carbocycles. The van der Waals surface area contributed by atoms with E-state index in [1.54, 1.807) is 23.6 Å². The third kappa shape index (κ3) is 2.80.